The SMILES string of the molecule is CCC(N)Cc1cc(F)c(Oc2cccc(Br)c2)c(F)c1. The van der Waals surface area contributed by atoms with Crippen LogP contribution in [0.2, 0.25) is 0 Å². The van der Waals surface area contributed by atoms with Gasteiger partial charge in [-0.05, 0) is 48.7 Å². The summed E-state index contributed by atoms with van der Waals surface area (Å²) in [5.41, 5.74) is 6.33. The molecule has 0 spiro atoms. The maximum absolute atomic E-state index is 14.0. The summed E-state index contributed by atoms with van der Waals surface area (Å²) >= 11 is 3.28. The maximum Gasteiger partial charge on any atom is 0.198 e. The van der Waals surface area contributed by atoms with Crippen molar-refractivity contribution in [3.63, 3.8) is 0 Å². The van der Waals surface area contributed by atoms with Crippen molar-refractivity contribution in [3.8, 4) is 11.5 Å². The molecule has 2 aromatic rings. The zero-order valence-corrected chi connectivity index (χ0v) is 13.2. The molecule has 0 aliphatic heterocycles. The lowest BCUT2D eigenvalue weighted by Crippen LogP contribution is -2.21. The quantitative estimate of drug-likeness (QED) is 0.835. The Morgan fingerprint density at radius 1 is 1.19 bits per heavy atom. The monoisotopic (exact) mass is 355 g/mol. The lowest BCUT2D eigenvalue weighted by Gasteiger charge is -2.12. The van der Waals surface area contributed by atoms with Gasteiger partial charge < -0.3 is 10.5 Å². The standard InChI is InChI=1S/C16H16BrF2NO/c1-2-12(20)6-10-7-14(18)16(15(19)8-10)21-13-5-3-4-11(17)9-13/h3-5,7-9,12H,2,6,20H2,1H3. The van der Waals surface area contributed by atoms with E-state index >= 15 is 0 Å². The van der Waals surface area contributed by atoms with Gasteiger partial charge in [-0.2, -0.15) is 0 Å². The van der Waals surface area contributed by atoms with E-state index < -0.39 is 17.4 Å². The van der Waals surface area contributed by atoms with Crippen LogP contribution in [-0.2, 0) is 6.42 Å². The van der Waals surface area contributed by atoms with Crippen molar-refractivity contribution in [2.45, 2.75) is 25.8 Å². The summed E-state index contributed by atoms with van der Waals surface area (Å²) in [4.78, 5) is 0. The highest BCUT2D eigenvalue weighted by Crippen LogP contribution is 2.30. The molecular weight excluding hydrogens is 340 g/mol. The van der Waals surface area contributed by atoms with Gasteiger partial charge in [0.15, 0.2) is 17.4 Å². The lowest BCUT2D eigenvalue weighted by molar-refractivity contribution is 0.406. The second-order valence-electron chi connectivity index (χ2n) is 4.82. The molecule has 2 N–H and O–H groups in total. The molecule has 2 aromatic carbocycles. The average molecular weight is 356 g/mol. The Bertz CT molecular complexity index is 610. The van der Waals surface area contributed by atoms with Crippen molar-refractivity contribution in [1.82, 2.24) is 0 Å². The zero-order valence-electron chi connectivity index (χ0n) is 11.6. The summed E-state index contributed by atoms with van der Waals surface area (Å²) in [6, 6.07) is 9.22. The maximum atomic E-state index is 14.0. The van der Waals surface area contributed by atoms with Gasteiger partial charge in [-0.3, -0.25) is 0 Å². The summed E-state index contributed by atoms with van der Waals surface area (Å²) in [5, 5.41) is 0. The van der Waals surface area contributed by atoms with E-state index in [0.29, 0.717) is 17.7 Å². The van der Waals surface area contributed by atoms with Crippen molar-refractivity contribution in [3.05, 3.63) is 58.1 Å². The minimum Gasteiger partial charge on any atom is -0.451 e. The lowest BCUT2D eigenvalue weighted by atomic mass is 10.0. The molecule has 0 fully saturated rings. The predicted molar refractivity (Wildman–Crippen MR) is 82.5 cm³/mol. The van der Waals surface area contributed by atoms with E-state index in [2.05, 4.69) is 15.9 Å². The number of rotatable bonds is 5. The Morgan fingerprint density at radius 2 is 1.86 bits per heavy atom. The van der Waals surface area contributed by atoms with Crippen molar-refractivity contribution in [1.29, 1.82) is 0 Å². The highest BCUT2D eigenvalue weighted by Gasteiger charge is 2.15. The summed E-state index contributed by atoms with van der Waals surface area (Å²) in [5.74, 6) is -1.50. The van der Waals surface area contributed by atoms with Gasteiger partial charge in [0.25, 0.3) is 0 Å². The Kier molecular flexibility index (Phi) is 5.31. The Labute approximate surface area is 131 Å². The van der Waals surface area contributed by atoms with E-state index in [1.165, 1.54) is 12.1 Å². The molecule has 0 aliphatic carbocycles. The van der Waals surface area contributed by atoms with E-state index in [1.807, 2.05) is 6.92 Å². The van der Waals surface area contributed by atoms with Crippen LogP contribution in [0.3, 0.4) is 0 Å². The molecule has 5 heteroatoms. The van der Waals surface area contributed by atoms with Crippen LogP contribution in [0.15, 0.2) is 40.9 Å². The van der Waals surface area contributed by atoms with Gasteiger partial charge in [0.1, 0.15) is 5.75 Å². The van der Waals surface area contributed by atoms with E-state index in [0.717, 1.165) is 10.9 Å². The largest absolute Gasteiger partial charge is 0.451 e. The van der Waals surface area contributed by atoms with Crippen LogP contribution in [0, 0.1) is 11.6 Å². The van der Waals surface area contributed by atoms with Crippen molar-refractivity contribution in [2.75, 3.05) is 0 Å². The molecule has 1 unspecified atom stereocenters. The van der Waals surface area contributed by atoms with E-state index in [-0.39, 0.29) is 6.04 Å². The Morgan fingerprint density at radius 3 is 2.43 bits per heavy atom. The third kappa shape index (κ3) is 4.25. The first-order valence-electron chi connectivity index (χ1n) is 6.66. The molecule has 0 aromatic heterocycles. The molecule has 1 atom stereocenters. The first-order chi connectivity index (χ1) is 9.99. The van der Waals surface area contributed by atoms with Gasteiger partial charge in [-0.25, -0.2) is 8.78 Å². The molecular formula is C16H16BrF2NO. The fraction of sp³-hybridized carbons (Fsp3) is 0.250. The van der Waals surface area contributed by atoms with Gasteiger partial charge in [-0.1, -0.05) is 28.9 Å². The summed E-state index contributed by atoms with van der Waals surface area (Å²) in [6.07, 6.45) is 1.18. The minimum atomic E-state index is -0.728. The number of nitrogens with two attached hydrogens (primary N) is 1. The molecule has 0 bridgehead atoms. The van der Waals surface area contributed by atoms with Crippen molar-refractivity contribution >= 4 is 15.9 Å². The second-order valence-corrected chi connectivity index (χ2v) is 5.74. The fourth-order valence-electron chi connectivity index (χ4n) is 1.92. The van der Waals surface area contributed by atoms with E-state index in [1.54, 1.807) is 24.3 Å². The third-order valence-corrected chi connectivity index (χ3v) is 3.59. The smallest absolute Gasteiger partial charge is 0.198 e. The number of hydrogen-bond acceptors (Lipinski definition) is 2. The molecule has 112 valence electrons. The van der Waals surface area contributed by atoms with Crippen LogP contribution in [0.5, 0.6) is 11.5 Å². The summed E-state index contributed by atoms with van der Waals surface area (Å²) < 4.78 is 34.1. The topological polar surface area (TPSA) is 35.2 Å². The molecule has 0 saturated heterocycles. The number of ether oxygens (including phenoxy) is 1. The molecule has 0 saturated carbocycles. The van der Waals surface area contributed by atoms with E-state index in [4.69, 9.17) is 10.5 Å². The van der Waals surface area contributed by atoms with Crippen LogP contribution < -0.4 is 10.5 Å². The molecule has 0 radical (unpaired) electrons. The van der Waals surface area contributed by atoms with Gasteiger partial charge in [-0.15, -0.1) is 0 Å². The predicted octanol–water partition coefficient (Wildman–Crippen LogP) is 4.80. The highest BCUT2D eigenvalue weighted by molar-refractivity contribution is 9.10. The third-order valence-electron chi connectivity index (χ3n) is 3.10. The van der Waals surface area contributed by atoms with Crippen LogP contribution in [0.1, 0.15) is 18.9 Å². The van der Waals surface area contributed by atoms with Crippen LogP contribution in [-0.4, -0.2) is 6.04 Å². The van der Waals surface area contributed by atoms with Crippen LogP contribution in [0.4, 0.5) is 8.78 Å². The normalized spacial score (nSPS) is 12.2. The van der Waals surface area contributed by atoms with Crippen molar-refractivity contribution in [2.24, 2.45) is 5.73 Å². The fourth-order valence-corrected chi connectivity index (χ4v) is 2.30. The Hall–Kier alpha value is -1.46. The highest BCUT2D eigenvalue weighted by atomic mass is 79.9. The molecule has 0 aliphatic rings. The number of hydrogen-bond donors (Lipinski definition) is 1. The second kappa shape index (κ2) is 7.00. The van der Waals surface area contributed by atoms with Gasteiger partial charge in [0, 0.05) is 10.5 Å². The van der Waals surface area contributed by atoms with Crippen LogP contribution >= 0.6 is 15.9 Å². The number of benzene rings is 2. The minimum absolute atomic E-state index is 0.111. The molecule has 21 heavy (non-hydrogen) atoms. The molecule has 2 rings (SSSR count). The Balaban J connectivity index is 2.25. The zero-order chi connectivity index (χ0) is 15.4. The van der Waals surface area contributed by atoms with Crippen LogP contribution in [0.25, 0.3) is 0 Å². The number of halogens is 3. The first-order valence-corrected chi connectivity index (χ1v) is 7.45. The molecule has 0 amide bonds. The van der Waals surface area contributed by atoms with Gasteiger partial charge in [0.05, 0.1) is 0 Å². The molecule has 0 heterocycles. The van der Waals surface area contributed by atoms with Gasteiger partial charge in [0.2, 0.25) is 0 Å². The summed E-state index contributed by atoms with van der Waals surface area (Å²) in [6.45, 7) is 1.93. The van der Waals surface area contributed by atoms with E-state index in [9.17, 15) is 8.78 Å². The summed E-state index contributed by atoms with van der Waals surface area (Å²) in [7, 11) is 0. The van der Waals surface area contributed by atoms with Crippen molar-refractivity contribution < 1.29 is 13.5 Å². The molecule has 2 nitrogen and oxygen atoms in total. The average Bonchev–Trinajstić information content (AvgIpc) is 2.43. The van der Waals surface area contributed by atoms with Gasteiger partial charge >= 0.3 is 0 Å². The first kappa shape index (κ1) is 15.9.